The van der Waals surface area contributed by atoms with E-state index in [9.17, 15) is 4.79 Å². The van der Waals surface area contributed by atoms with Crippen LogP contribution in [0, 0.1) is 0 Å². The Morgan fingerprint density at radius 3 is 2.79 bits per heavy atom. The van der Waals surface area contributed by atoms with Gasteiger partial charge in [-0.25, -0.2) is 4.79 Å². The molecule has 7 nitrogen and oxygen atoms in total. The summed E-state index contributed by atoms with van der Waals surface area (Å²) >= 11 is 0. The Kier molecular flexibility index (Phi) is 5.51. The number of nitrogens with one attached hydrogen (secondary N) is 2. The zero-order chi connectivity index (χ0) is 19.2. The van der Waals surface area contributed by atoms with Crippen molar-refractivity contribution in [3.8, 4) is 0 Å². The number of amides is 2. The molecule has 0 bridgehead atoms. The van der Waals surface area contributed by atoms with E-state index in [0.29, 0.717) is 18.8 Å². The highest BCUT2D eigenvalue weighted by molar-refractivity contribution is 5.89. The topological polar surface area (TPSA) is 75.1 Å². The molecule has 0 radical (unpaired) electrons. The first-order valence-corrected chi connectivity index (χ1v) is 9.56. The molecular weight excluding hydrogens is 352 g/mol. The van der Waals surface area contributed by atoms with Gasteiger partial charge < -0.3 is 15.5 Å². The molecule has 3 aromatic rings. The Balaban J connectivity index is 1.32. The second-order valence-electron chi connectivity index (χ2n) is 6.97. The number of para-hydroxylation sites is 1. The van der Waals surface area contributed by atoms with Crippen molar-refractivity contribution in [2.75, 3.05) is 23.7 Å². The van der Waals surface area contributed by atoms with Crippen LogP contribution in [0.1, 0.15) is 18.5 Å². The molecule has 0 aliphatic carbocycles. The number of nitrogens with zero attached hydrogens (tertiary/aromatic N) is 4. The number of rotatable bonds is 5. The molecule has 144 valence electrons. The third-order valence-corrected chi connectivity index (χ3v) is 4.79. The summed E-state index contributed by atoms with van der Waals surface area (Å²) in [5, 5.41) is 10.8. The van der Waals surface area contributed by atoms with Crippen LogP contribution in [0.5, 0.6) is 0 Å². The van der Waals surface area contributed by atoms with E-state index in [1.54, 1.807) is 17.1 Å². The molecule has 28 heavy (non-hydrogen) atoms. The van der Waals surface area contributed by atoms with Gasteiger partial charge in [0, 0.05) is 37.2 Å². The minimum absolute atomic E-state index is 0.0862. The number of aromatic nitrogens is 3. The van der Waals surface area contributed by atoms with Crippen LogP contribution in [0.25, 0.3) is 0 Å². The molecule has 2 aromatic heterocycles. The van der Waals surface area contributed by atoms with Crippen molar-refractivity contribution in [2.24, 2.45) is 0 Å². The van der Waals surface area contributed by atoms with E-state index in [1.807, 2.05) is 47.5 Å². The summed E-state index contributed by atoms with van der Waals surface area (Å²) in [6.07, 6.45) is 7.30. The average molecular weight is 376 g/mol. The molecule has 1 fully saturated rings. The van der Waals surface area contributed by atoms with E-state index in [2.05, 4.69) is 32.8 Å². The van der Waals surface area contributed by atoms with E-state index in [-0.39, 0.29) is 12.1 Å². The number of hydrogen-bond acceptors (Lipinski definition) is 4. The van der Waals surface area contributed by atoms with Crippen LogP contribution >= 0.6 is 0 Å². The molecule has 0 spiro atoms. The minimum atomic E-state index is -0.0862. The number of benzene rings is 1. The minimum Gasteiger partial charge on any atom is -0.381 e. The third kappa shape index (κ3) is 4.68. The van der Waals surface area contributed by atoms with Crippen molar-refractivity contribution >= 4 is 17.4 Å². The smallest absolute Gasteiger partial charge is 0.322 e. The van der Waals surface area contributed by atoms with Crippen LogP contribution in [0.4, 0.5) is 16.2 Å². The van der Waals surface area contributed by atoms with Crippen LogP contribution < -0.4 is 10.6 Å². The molecule has 2 N–H and O–H groups in total. The maximum atomic E-state index is 12.7. The number of carbonyl (C=O) groups is 1. The Hall–Kier alpha value is -3.35. The van der Waals surface area contributed by atoms with Gasteiger partial charge in [-0.05, 0) is 37.1 Å². The molecule has 1 aliphatic rings. The molecular formula is C21H24N6O. The normalized spacial score (nSPS) is 16.6. The average Bonchev–Trinajstić information content (AvgIpc) is 3.16. The van der Waals surface area contributed by atoms with Crippen LogP contribution in [-0.2, 0) is 6.54 Å². The molecule has 1 saturated heterocycles. The summed E-state index contributed by atoms with van der Waals surface area (Å²) < 4.78 is 1.77. The number of pyridine rings is 1. The fraction of sp³-hybridized carbons (Fsp3) is 0.286. The summed E-state index contributed by atoms with van der Waals surface area (Å²) in [5.74, 6) is 0. The molecule has 4 rings (SSSR count). The van der Waals surface area contributed by atoms with Gasteiger partial charge in [0.15, 0.2) is 0 Å². The van der Waals surface area contributed by atoms with Crippen LogP contribution in [0.15, 0.2) is 67.1 Å². The highest BCUT2D eigenvalue weighted by Crippen LogP contribution is 2.17. The van der Waals surface area contributed by atoms with Crippen molar-refractivity contribution in [1.82, 2.24) is 19.7 Å². The quantitative estimate of drug-likeness (QED) is 0.715. The number of anilines is 2. The van der Waals surface area contributed by atoms with Gasteiger partial charge in [-0.1, -0.05) is 24.3 Å². The lowest BCUT2D eigenvalue weighted by Crippen LogP contribution is -2.46. The first-order chi connectivity index (χ1) is 13.8. The van der Waals surface area contributed by atoms with Gasteiger partial charge in [-0.15, -0.1) is 0 Å². The molecule has 1 aromatic carbocycles. The highest BCUT2D eigenvalue weighted by Gasteiger charge is 2.23. The fourth-order valence-electron chi connectivity index (χ4n) is 3.42. The number of carbonyl (C=O) groups excluding carboxylic acids is 1. The maximum Gasteiger partial charge on any atom is 0.322 e. The predicted octanol–water partition coefficient (Wildman–Crippen LogP) is 3.43. The second kappa shape index (κ2) is 8.56. The van der Waals surface area contributed by atoms with Gasteiger partial charge in [-0.3, -0.25) is 9.67 Å². The van der Waals surface area contributed by atoms with Gasteiger partial charge in [0.1, 0.15) is 0 Å². The Morgan fingerprint density at radius 1 is 1.11 bits per heavy atom. The van der Waals surface area contributed by atoms with Crippen molar-refractivity contribution < 1.29 is 4.79 Å². The molecule has 1 aliphatic heterocycles. The largest absolute Gasteiger partial charge is 0.381 e. The number of hydrogen-bond donors (Lipinski definition) is 2. The maximum absolute atomic E-state index is 12.7. The number of likely N-dealkylation sites (tertiary alicyclic amines) is 1. The van der Waals surface area contributed by atoms with Crippen molar-refractivity contribution in [3.05, 3.63) is 72.8 Å². The third-order valence-electron chi connectivity index (χ3n) is 4.79. The summed E-state index contributed by atoms with van der Waals surface area (Å²) in [4.78, 5) is 18.8. The van der Waals surface area contributed by atoms with E-state index in [0.717, 1.165) is 30.8 Å². The van der Waals surface area contributed by atoms with Gasteiger partial charge in [0.05, 0.1) is 24.1 Å². The van der Waals surface area contributed by atoms with E-state index in [4.69, 9.17) is 0 Å². The van der Waals surface area contributed by atoms with Gasteiger partial charge >= 0.3 is 6.03 Å². The Bertz CT molecular complexity index is 896. The first-order valence-electron chi connectivity index (χ1n) is 9.56. The van der Waals surface area contributed by atoms with Gasteiger partial charge in [0.2, 0.25) is 0 Å². The van der Waals surface area contributed by atoms with E-state index >= 15 is 0 Å². The monoisotopic (exact) mass is 376 g/mol. The van der Waals surface area contributed by atoms with Crippen molar-refractivity contribution in [2.45, 2.75) is 25.4 Å². The summed E-state index contributed by atoms with van der Waals surface area (Å²) in [6, 6.07) is 16.1. The van der Waals surface area contributed by atoms with Gasteiger partial charge in [-0.2, -0.15) is 5.10 Å². The Labute approximate surface area is 164 Å². The van der Waals surface area contributed by atoms with Crippen LogP contribution in [0.3, 0.4) is 0 Å². The van der Waals surface area contributed by atoms with E-state index < -0.39 is 0 Å². The molecule has 0 saturated carbocycles. The zero-order valence-electron chi connectivity index (χ0n) is 15.7. The Morgan fingerprint density at radius 2 is 1.96 bits per heavy atom. The lowest BCUT2D eigenvalue weighted by atomic mass is 10.1. The molecule has 2 amide bonds. The molecule has 3 heterocycles. The molecule has 1 atom stereocenters. The molecule has 1 unspecified atom stereocenters. The zero-order valence-corrected chi connectivity index (χ0v) is 15.7. The van der Waals surface area contributed by atoms with Crippen molar-refractivity contribution in [3.63, 3.8) is 0 Å². The number of piperidine rings is 1. The SMILES string of the molecule is O=C(Nc1cnn(Cc2ccccn2)c1)N1CCCC(Nc2ccccc2)C1. The predicted molar refractivity (Wildman–Crippen MR) is 109 cm³/mol. The van der Waals surface area contributed by atoms with Crippen LogP contribution in [-0.4, -0.2) is 44.8 Å². The lowest BCUT2D eigenvalue weighted by molar-refractivity contribution is 0.196. The number of urea groups is 1. The first kappa shape index (κ1) is 18.0. The lowest BCUT2D eigenvalue weighted by Gasteiger charge is -2.33. The van der Waals surface area contributed by atoms with Crippen molar-refractivity contribution in [1.29, 1.82) is 0 Å². The summed E-state index contributed by atoms with van der Waals surface area (Å²) in [6.45, 7) is 2.02. The van der Waals surface area contributed by atoms with E-state index in [1.165, 1.54) is 0 Å². The fourth-order valence-corrected chi connectivity index (χ4v) is 3.42. The standard InChI is InChI=1S/C21H24N6O/c28-21(25-20-13-23-27(16-20)15-18-9-4-5-11-22-18)26-12-6-10-19(14-26)24-17-7-2-1-3-8-17/h1-5,7-9,11,13,16,19,24H,6,10,12,14-15H2,(H,25,28). The second-order valence-corrected chi connectivity index (χ2v) is 6.97. The summed E-state index contributed by atoms with van der Waals surface area (Å²) in [7, 11) is 0. The van der Waals surface area contributed by atoms with Gasteiger partial charge in [0.25, 0.3) is 0 Å². The van der Waals surface area contributed by atoms with Crippen LogP contribution in [0.2, 0.25) is 0 Å². The highest BCUT2D eigenvalue weighted by atomic mass is 16.2. The molecule has 7 heteroatoms. The summed E-state index contributed by atoms with van der Waals surface area (Å²) in [5.41, 5.74) is 2.71.